The van der Waals surface area contributed by atoms with E-state index < -0.39 is 16.1 Å². The number of halogens is 4. The molecule has 0 saturated heterocycles. The van der Waals surface area contributed by atoms with E-state index in [9.17, 15) is 10.2 Å². The molecule has 0 saturated carbocycles. The van der Waals surface area contributed by atoms with E-state index in [0.29, 0.717) is 16.5 Å². The Bertz CT molecular complexity index is 1090. The standard InChI is InChI=1S/C13H22OSi.C10H16OSi.2C5H5.2CH2.4ClH.2Ti/c1-10-7-11(14)9-12(8-10)15(5,6)13(2,3)4;1-8-5-9(11)7-10(6-8)12(2,3)4;2*1-2-4-5-3-1;;;;;;;;/h7-9,14H,1-6H3;5-7,11H,1-4H3;2*1-3H,4H2;2*1H2;4*1H;;/q;;2*-1;;;;;;;2*+1. The van der Waals surface area contributed by atoms with Crippen LogP contribution < -0.4 is 10.4 Å². The van der Waals surface area contributed by atoms with Crippen LogP contribution in [0.5, 0.6) is 11.5 Å². The molecule has 0 amide bonds. The van der Waals surface area contributed by atoms with Crippen LogP contribution in [0.4, 0.5) is 0 Å². The van der Waals surface area contributed by atoms with E-state index in [2.05, 4.69) is 99.6 Å². The number of rotatable bonds is 2. The number of aryl methyl sites for hydroxylation is 2. The first kappa shape index (κ1) is 57.1. The van der Waals surface area contributed by atoms with E-state index in [1.54, 1.807) is 46.0 Å². The van der Waals surface area contributed by atoms with Crippen LogP contribution in [-0.2, 0) is 39.9 Å². The predicted octanol–water partition coefficient (Wildman–Crippen LogP) is 9.89. The van der Waals surface area contributed by atoms with Crippen molar-refractivity contribution in [2.24, 2.45) is 0 Å². The Balaban J connectivity index is -0.000000113. The molecule has 0 bridgehead atoms. The Labute approximate surface area is 325 Å². The molecule has 2 aliphatic carbocycles. The van der Waals surface area contributed by atoms with Crippen LogP contribution in [0, 0.1) is 26.0 Å². The number of allylic oxidation sites excluding steroid dienone is 8. The molecular formula is C35H56Cl4O2Si2Ti2. The first-order valence-electron chi connectivity index (χ1n) is 13.8. The Kier molecular flexibility index (Phi) is 37.9. The summed E-state index contributed by atoms with van der Waals surface area (Å²) in [6.45, 7) is 22.5. The molecule has 2 nitrogen and oxygen atoms in total. The summed E-state index contributed by atoms with van der Waals surface area (Å²) in [4.78, 5) is 6.50. The average Bonchev–Trinajstić information content (AvgIpc) is 3.64. The quantitative estimate of drug-likeness (QED) is 0.235. The molecule has 0 unspecified atom stereocenters. The number of hydrogen-bond donors (Lipinski definition) is 2. The third-order valence-corrected chi connectivity index (χ3v) is 14.3. The Hall–Kier alpha value is -0.238. The molecule has 2 aromatic carbocycles. The van der Waals surface area contributed by atoms with Crippen LogP contribution in [0.2, 0.25) is 37.8 Å². The summed E-state index contributed by atoms with van der Waals surface area (Å²) in [5, 5.41) is 22.0. The number of hydrogen-bond acceptors (Lipinski definition) is 2. The van der Waals surface area contributed by atoms with Crippen molar-refractivity contribution in [2.75, 3.05) is 0 Å². The van der Waals surface area contributed by atoms with E-state index >= 15 is 0 Å². The van der Waals surface area contributed by atoms with Gasteiger partial charge in [0.15, 0.2) is 0 Å². The number of benzene rings is 2. The second-order valence-electron chi connectivity index (χ2n) is 12.2. The summed E-state index contributed by atoms with van der Waals surface area (Å²) in [6, 6.07) is 11.8. The molecule has 10 heteroatoms. The van der Waals surface area contributed by atoms with Gasteiger partial charge in [-0.15, -0.1) is 62.5 Å². The number of aromatic hydroxyl groups is 2. The summed E-state index contributed by atoms with van der Waals surface area (Å²) < 4.78 is 0. The van der Waals surface area contributed by atoms with Gasteiger partial charge >= 0.3 is 49.6 Å². The van der Waals surface area contributed by atoms with Gasteiger partial charge in [0.2, 0.25) is 0 Å². The normalized spacial score (nSPS) is 11.6. The molecule has 0 atom stereocenters. The van der Waals surface area contributed by atoms with Crippen LogP contribution in [0.25, 0.3) is 0 Å². The number of phenols is 2. The van der Waals surface area contributed by atoms with Crippen molar-refractivity contribution in [1.29, 1.82) is 0 Å². The van der Waals surface area contributed by atoms with E-state index in [0.717, 1.165) is 24.0 Å². The van der Waals surface area contributed by atoms with Gasteiger partial charge in [-0.05, 0) is 54.3 Å². The Morgan fingerprint density at radius 2 is 0.956 bits per heavy atom. The zero-order chi connectivity index (χ0) is 32.3. The Morgan fingerprint density at radius 1 is 0.622 bits per heavy atom. The molecule has 2 aromatic rings. The van der Waals surface area contributed by atoms with E-state index in [1.807, 2.05) is 56.4 Å². The zero-order valence-corrected chi connectivity index (χ0v) is 37.2. The Morgan fingerprint density at radius 3 is 1.18 bits per heavy atom. The van der Waals surface area contributed by atoms with Gasteiger partial charge in [0.05, 0.1) is 16.1 Å². The van der Waals surface area contributed by atoms with Gasteiger partial charge in [0.1, 0.15) is 11.5 Å². The van der Waals surface area contributed by atoms with Gasteiger partial charge in [-0.2, -0.15) is 12.2 Å². The molecule has 0 fully saturated rings. The van der Waals surface area contributed by atoms with Crippen molar-refractivity contribution in [3.63, 3.8) is 0 Å². The third kappa shape index (κ3) is 25.5. The molecule has 0 spiro atoms. The van der Waals surface area contributed by atoms with Crippen molar-refractivity contribution in [3.8, 4) is 11.5 Å². The molecule has 2 N–H and O–H groups in total. The predicted molar refractivity (Wildman–Crippen MR) is 212 cm³/mol. The van der Waals surface area contributed by atoms with Gasteiger partial charge in [-0.25, -0.2) is 24.3 Å². The maximum absolute atomic E-state index is 9.65. The SMILES string of the molecule is Cc1cc(O)cc([Si](C)(C)C(C)(C)C)c1.Cc1cc(O)cc([Si](C)(C)C)c1.Cl.Cl.Cl.Cl.[C-]1=CC=CC1.[C-]1=CC=CC1.[CH2]=[Ti+].[CH2]=[Ti+]. The molecule has 45 heavy (non-hydrogen) atoms. The first-order valence-corrected chi connectivity index (χ1v) is 22.5. The molecule has 0 radical (unpaired) electrons. The molecule has 0 heterocycles. The van der Waals surface area contributed by atoms with E-state index in [4.69, 9.17) is 0 Å². The summed E-state index contributed by atoms with van der Waals surface area (Å²) in [5.74, 6) is 0.794. The van der Waals surface area contributed by atoms with Crippen molar-refractivity contribution >= 4 is 85.8 Å². The van der Waals surface area contributed by atoms with Gasteiger partial charge in [-0.1, -0.05) is 76.0 Å². The second-order valence-corrected chi connectivity index (χ2v) is 22.7. The average molecular weight is 803 g/mol. The van der Waals surface area contributed by atoms with Crippen LogP contribution in [0.15, 0.2) is 72.9 Å². The van der Waals surface area contributed by atoms with Crippen LogP contribution in [0.1, 0.15) is 44.7 Å². The number of phenolic OH excluding ortho intramolecular Hbond substituents is 2. The summed E-state index contributed by atoms with van der Waals surface area (Å²) in [5.41, 5.74) is 2.29. The maximum atomic E-state index is 9.65. The topological polar surface area (TPSA) is 40.5 Å². The van der Waals surface area contributed by atoms with Crippen molar-refractivity contribution in [2.45, 2.75) is 85.2 Å². The monoisotopic (exact) mass is 800 g/mol. The molecular weight excluding hydrogens is 746 g/mol. The fourth-order valence-electron chi connectivity index (χ4n) is 3.43. The second kappa shape index (κ2) is 29.9. The van der Waals surface area contributed by atoms with Crippen LogP contribution in [0.3, 0.4) is 0 Å². The summed E-state index contributed by atoms with van der Waals surface area (Å²) in [6.07, 6.45) is 20.0. The minimum atomic E-state index is -1.50. The van der Waals surface area contributed by atoms with Crippen LogP contribution in [-0.4, -0.2) is 36.0 Å². The van der Waals surface area contributed by atoms with E-state index in [-0.39, 0.29) is 49.6 Å². The fourth-order valence-corrected chi connectivity index (χ4v) is 6.64. The van der Waals surface area contributed by atoms with E-state index in [1.165, 1.54) is 10.4 Å². The molecule has 0 aliphatic heterocycles. The summed E-state index contributed by atoms with van der Waals surface area (Å²) in [7, 11) is -2.76. The van der Waals surface area contributed by atoms with Gasteiger partial charge in [-0.3, -0.25) is 12.2 Å². The van der Waals surface area contributed by atoms with Crippen LogP contribution >= 0.6 is 49.6 Å². The molecule has 2 aliphatic rings. The van der Waals surface area contributed by atoms with Gasteiger partial charge < -0.3 is 10.2 Å². The van der Waals surface area contributed by atoms with Gasteiger partial charge in [0.25, 0.3) is 0 Å². The zero-order valence-electron chi connectivity index (χ0n) is 28.8. The van der Waals surface area contributed by atoms with Crippen molar-refractivity contribution in [3.05, 3.63) is 96.1 Å². The third-order valence-electron chi connectivity index (χ3n) is 6.76. The van der Waals surface area contributed by atoms with Gasteiger partial charge in [0, 0.05) is 0 Å². The molecule has 4 rings (SSSR count). The minimum absolute atomic E-state index is 0. The van der Waals surface area contributed by atoms with Crippen molar-refractivity contribution < 1.29 is 50.2 Å². The molecule has 252 valence electrons. The first-order chi connectivity index (χ1) is 19.0. The molecule has 0 aromatic heterocycles. The fraction of sp³-hybridized carbons (Fsp3) is 0.371. The van der Waals surface area contributed by atoms with Crippen molar-refractivity contribution in [1.82, 2.24) is 0 Å². The summed E-state index contributed by atoms with van der Waals surface area (Å²) >= 11 is 3.50.